The number of nitrogens with one attached hydrogen (secondary N) is 3. The molecule has 6 rings (SSSR count). The van der Waals surface area contributed by atoms with Gasteiger partial charge in [0.2, 0.25) is 5.91 Å². The van der Waals surface area contributed by atoms with Gasteiger partial charge in [0.15, 0.2) is 0 Å². The fourth-order valence-corrected chi connectivity index (χ4v) is 8.03. The van der Waals surface area contributed by atoms with Gasteiger partial charge in [-0.15, -0.1) is 0 Å². The molecule has 15 heteroatoms. The molecule has 11 nitrogen and oxygen atoms in total. The maximum absolute atomic E-state index is 14.0. The number of nitrogens with two attached hydrogens (primary N) is 1. The maximum Gasteiger partial charge on any atom is 0.418 e. The second kappa shape index (κ2) is 15.1. The minimum Gasteiger partial charge on any atom is -0.397 e. The lowest BCUT2D eigenvalue weighted by Crippen LogP contribution is -2.59. The van der Waals surface area contributed by atoms with Crippen molar-refractivity contribution in [1.82, 2.24) is 30.2 Å². The molecule has 0 spiro atoms. The lowest BCUT2D eigenvalue weighted by Gasteiger charge is -2.42. The molecule has 0 aliphatic carbocycles. The summed E-state index contributed by atoms with van der Waals surface area (Å²) in [6.45, 7) is 5.58. The summed E-state index contributed by atoms with van der Waals surface area (Å²) in [6, 6.07) is 8.87. The monoisotopic (exact) mass is 748 g/mol. The summed E-state index contributed by atoms with van der Waals surface area (Å²) in [5.74, 6) is -0.324. The van der Waals surface area contributed by atoms with E-state index in [-0.39, 0.29) is 34.4 Å². The van der Waals surface area contributed by atoms with Crippen molar-refractivity contribution in [2.24, 2.45) is 0 Å². The van der Waals surface area contributed by atoms with Crippen LogP contribution in [0.15, 0.2) is 40.9 Å². The van der Waals surface area contributed by atoms with Crippen LogP contribution in [0.3, 0.4) is 0 Å². The molecule has 0 aromatic heterocycles. The molecule has 0 bridgehead atoms. The van der Waals surface area contributed by atoms with Crippen molar-refractivity contribution < 1.29 is 27.6 Å². The van der Waals surface area contributed by atoms with E-state index in [1.54, 1.807) is 9.80 Å². The zero-order valence-electron chi connectivity index (χ0n) is 27.4. The number of likely N-dealkylation sites (tertiary alicyclic amines) is 1. The fourth-order valence-electron chi connectivity index (χ4n) is 7.52. The molecule has 3 saturated heterocycles. The van der Waals surface area contributed by atoms with Gasteiger partial charge in [-0.25, -0.2) is 9.59 Å². The summed E-state index contributed by atoms with van der Waals surface area (Å²) >= 11 is 3.15. The summed E-state index contributed by atoms with van der Waals surface area (Å²) in [4.78, 5) is 48.3. The first kappa shape index (κ1) is 35.3. The molecule has 2 aromatic rings. The summed E-state index contributed by atoms with van der Waals surface area (Å²) in [7, 11) is 0. The van der Waals surface area contributed by atoms with E-state index in [9.17, 15) is 27.6 Å². The smallest absolute Gasteiger partial charge is 0.397 e. The number of hydrogen-bond donors (Lipinski definition) is 4. The van der Waals surface area contributed by atoms with Crippen LogP contribution in [0, 0.1) is 0 Å². The number of nitrogen functional groups attached to an aromatic ring is 1. The number of nitrogens with zero attached hydrogens (tertiary/aromatic N) is 4. The normalized spacial score (nSPS) is 20.7. The van der Waals surface area contributed by atoms with E-state index in [0.29, 0.717) is 64.7 Å². The SMILES string of the molecule is Nc1c(Br)cc(C[C@@H](NC(=O)N2CCC(N3CCc4ccccc4NC3=O)CC2)C(=O)N2CCN(C3CCNCC3)CC2)cc1C(F)(F)F. The average molecular weight is 750 g/mol. The highest BCUT2D eigenvalue weighted by atomic mass is 79.9. The molecule has 1 atom stereocenters. The number of carbonyl (C=O) groups excluding carboxylic acids is 3. The van der Waals surface area contributed by atoms with Crippen LogP contribution < -0.4 is 21.7 Å². The number of rotatable bonds is 6. The lowest BCUT2D eigenvalue weighted by atomic mass is 10.00. The molecule has 5 amide bonds. The Morgan fingerprint density at radius 2 is 1.63 bits per heavy atom. The topological polar surface area (TPSA) is 126 Å². The molecular formula is C34H44BrF3N8O3. The molecule has 2 aromatic carbocycles. The number of para-hydroxylation sites is 1. The van der Waals surface area contributed by atoms with Crippen LogP contribution in [-0.2, 0) is 23.8 Å². The summed E-state index contributed by atoms with van der Waals surface area (Å²) in [6.07, 6.45) is -0.870. The van der Waals surface area contributed by atoms with E-state index < -0.39 is 29.5 Å². The highest BCUT2D eigenvalue weighted by molar-refractivity contribution is 9.10. The summed E-state index contributed by atoms with van der Waals surface area (Å²) in [5, 5.41) is 9.25. The van der Waals surface area contributed by atoms with Crippen molar-refractivity contribution in [3.63, 3.8) is 0 Å². The van der Waals surface area contributed by atoms with Gasteiger partial charge in [-0.05, 0) is 90.4 Å². The molecule has 0 unspecified atom stereocenters. The number of hydrogen-bond acceptors (Lipinski definition) is 6. The summed E-state index contributed by atoms with van der Waals surface area (Å²) < 4.78 is 41.6. The third kappa shape index (κ3) is 8.26. The Hall–Kier alpha value is -3.56. The Labute approximate surface area is 292 Å². The number of carbonyl (C=O) groups is 3. The van der Waals surface area contributed by atoms with E-state index in [1.807, 2.05) is 29.2 Å². The molecule has 266 valence electrons. The van der Waals surface area contributed by atoms with Crippen LogP contribution in [0.4, 0.5) is 34.1 Å². The molecule has 0 saturated carbocycles. The van der Waals surface area contributed by atoms with Gasteiger partial charge in [0, 0.05) is 74.5 Å². The predicted molar refractivity (Wildman–Crippen MR) is 184 cm³/mol. The highest BCUT2D eigenvalue weighted by Gasteiger charge is 2.37. The van der Waals surface area contributed by atoms with Gasteiger partial charge < -0.3 is 36.4 Å². The Morgan fingerprint density at radius 3 is 2.33 bits per heavy atom. The van der Waals surface area contributed by atoms with Crippen LogP contribution >= 0.6 is 15.9 Å². The number of urea groups is 2. The largest absolute Gasteiger partial charge is 0.418 e. The van der Waals surface area contributed by atoms with E-state index in [4.69, 9.17) is 5.73 Å². The van der Waals surface area contributed by atoms with E-state index in [1.165, 1.54) is 6.07 Å². The third-order valence-corrected chi connectivity index (χ3v) is 11.0. The van der Waals surface area contributed by atoms with Crippen LogP contribution in [0.25, 0.3) is 0 Å². The van der Waals surface area contributed by atoms with Crippen LogP contribution in [0.1, 0.15) is 42.4 Å². The number of fused-ring (bicyclic) bond motifs is 1. The van der Waals surface area contributed by atoms with Gasteiger partial charge in [0.05, 0.1) is 11.3 Å². The number of halogens is 4. The number of piperidine rings is 2. The summed E-state index contributed by atoms with van der Waals surface area (Å²) in [5.41, 5.74) is 6.44. The average Bonchev–Trinajstić information content (AvgIpc) is 3.27. The molecule has 3 fully saturated rings. The van der Waals surface area contributed by atoms with Crippen LogP contribution in [0.2, 0.25) is 0 Å². The van der Waals surface area contributed by atoms with Gasteiger partial charge in [0.1, 0.15) is 6.04 Å². The minimum absolute atomic E-state index is 0.0556. The molecule has 5 N–H and O–H groups in total. The number of amides is 5. The van der Waals surface area contributed by atoms with E-state index in [0.717, 1.165) is 49.7 Å². The Morgan fingerprint density at radius 1 is 0.939 bits per heavy atom. The first-order valence-electron chi connectivity index (χ1n) is 17.1. The third-order valence-electron chi connectivity index (χ3n) is 10.3. The van der Waals surface area contributed by atoms with Crippen molar-refractivity contribution >= 4 is 45.3 Å². The lowest BCUT2D eigenvalue weighted by molar-refractivity contribution is -0.137. The Bertz CT molecular complexity index is 1520. The number of piperazine rings is 1. The van der Waals surface area contributed by atoms with Crippen LogP contribution in [0.5, 0.6) is 0 Å². The Kier molecular flexibility index (Phi) is 10.9. The molecule has 49 heavy (non-hydrogen) atoms. The predicted octanol–water partition coefficient (Wildman–Crippen LogP) is 4.12. The number of alkyl halides is 3. The van der Waals surface area contributed by atoms with E-state index >= 15 is 0 Å². The highest BCUT2D eigenvalue weighted by Crippen LogP contribution is 2.38. The zero-order chi connectivity index (χ0) is 34.7. The van der Waals surface area contributed by atoms with Gasteiger partial charge in [-0.2, -0.15) is 13.2 Å². The number of benzene rings is 2. The standard InChI is InChI=1S/C34H44BrF3N8O3/c35-27-20-22(19-26(30(27)39)34(36,37)38)21-29(31(47)44-17-15-43(16-18-44)24-5-10-40-11-6-24)42-32(48)45-12-8-25(9-13-45)46-14-7-23-3-1-2-4-28(23)41-33(46)49/h1-4,19-20,24-25,29,40H,5-18,21,39H2,(H,41,49)(H,42,48)/t29-/m1/s1. The minimum atomic E-state index is -4.69. The fraction of sp³-hybridized carbons (Fsp3) is 0.559. The van der Waals surface area contributed by atoms with Crippen molar-refractivity contribution in [2.75, 3.05) is 70.0 Å². The van der Waals surface area contributed by atoms with Gasteiger partial charge in [-0.1, -0.05) is 18.2 Å². The molecule has 4 heterocycles. The van der Waals surface area contributed by atoms with E-state index in [2.05, 4.69) is 36.8 Å². The van der Waals surface area contributed by atoms with Crippen molar-refractivity contribution in [2.45, 2.75) is 62.8 Å². The van der Waals surface area contributed by atoms with Gasteiger partial charge in [-0.3, -0.25) is 9.69 Å². The van der Waals surface area contributed by atoms with Gasteiger partial charge >= 0.3 is 18.2 Å². The van der Waals surface area contributed by atoms with Crippen molar-refractivity contribution in [3.8, 4) is 0 Å². The first-order chi connectivity index (χ1) is 23.5. The van der Waals surface area contributed by atoms with Crippen molar-refractivity contribution in [3.05, 3.63) is 57.6 Å². The second-order valence-corrected chi connectivity index (χ2v) is 14.2. The molecule has 4 aliphatic heterocycles. The number of anilines is 2. The second-order valence-electron chi connectivity index (χ2n) is 13.3. The van der Waals surface area contributed by atoms with Crippen LogP contribution in [-0.4, -0.2) is 115 Å². The zero-order valence-corrected chi connectivity index (χ0v) is 29.0. The Balaban J connectivity index is 1.12. The van der Waals surface area contributed by atoms with Gasteiger partial charge in [0.25, 0.3) is 0 Å². The molecule has 0 radical (unpaired) electrons. The van der Waals surface area contributed by atoms with Crippen molar-refractivity contribution in [1.29, 1.82) is 0 Å². The molecular weight excluding hydrogens is 705 g/mol. The maximum atomic E-state index is 14.0. The first-order valence-corrected chi connectivity index (χ1v) is 17.9. The molecule has 4 aliphatic rings. The quantitative estimate of drug-likeness (QED) is 0.330.